The summed E-state index contributed by atoms with van der Waals surface area (Å²) in [6, 6.07) is 0. The molecule has 2 atom stereocenters. The summed E-state index contributed by atoms with van der Waals surface area (Å²) in [5.41, 5.74) is 0.616. The maximum absolute atomic E-state index is 2.68. The quantitative estimate of drug-likeness (QED) is 0.516. The molecule has 1 heteroatoms. The third-order valence-electron chi connectivity index (χ3n) is 3.75. The zero-order valence-electron chi connectivity index (χ0n) is 7.77. The molecule has 0 radical (unpaired) electrons. The van der Waals surface area contributed by atoms with Gasteiger partial charge in [-0.3, -0.25) is 4.90 Å². The molecule has 2 aliphatic rings. The van der Waals surface area contributed by atoms with E-state index in [0.717, 1.165) is 5.92 Å². The van der Waals surface area contributed by atoms with E-state index in [-0.39, 0.29) is 0 Å². The zero-order valence-corrected chi connectivity index (χ0v) is 7.77. The van der Waals surface area contributed by atoms with Gasteiger partial charge in [0, 0.05) is 12.1 Å². The first kappa shape index (κ1) is 7.60. The highest BCUT2D eigenvalue weighted by atomic mass is 15.2. The molecule has 2 unspecified atom stereocenters. The Kier molecular flexibility index (Phi) is 1.71. The highest BCUT2D eigenvalue weighted by Crippen LogP contribution is 2.38. The van der Waals surface area contributed by atoms with Gasteiger partial charge in [0.2, 0.25) is 0 Å². The fraction of sp³-hybridized carbons (Fsp3) is 1.00. The van der Waals surface area contributed by atoms with Gasteiger partial charge in [-0.05, 0) is 45.1 Å². The summed E-state index contributed by atoms with van der Waals surface area (Å²) < 4.78 is 0. The lowest BCUT2D eigenvalue weighted by molar-refractivity contribution is 0.00278. The minimum atomic E-state index is 0.616. The van der Waals surface area contributed by atoms with Crippen LogP contribution >= 0.6 is 0 Å². The van der Waals surface area contributed by atoms with Crippen LogP contribution in [0.1, 0.15) is 39.5 Å². The summed E-state index contributed by atoms with van der Waals surface area (Å²) in [5, 5.41) is 0. The van der Waals surface area contributed by atoms with E-state index in [9.17, 15) is 0 Å². The van der Waals surface area contributed by atoms with E-state index in [1.54, 1.807) is 0 Å². The standard InChI is InChI=1S/C10H19N/c1-9-3-5-10(2)6-8-11(10)7-4-9/h9H,3-8H2,1-2H3. The topological polar surface area (TPSA) is 3.24 Å². The van der Waals surface area contributed by atoms with Crippen molar-refractivity contribution in [1.82, 2.24) is 4.90 Å². The molecule has 0 amide bonds. The lowest BCUT2D eigenvalue weighted by Gasteiger charge is -2.50. The minimum absolute atomic E-state index is 0.616. The Morgan fingerprint density at radius 3 is 2.64 bits per heavy atom. The first-order valence-corrected chi connectivity index (χ1v) is 4.96. The molecule has 2 saturated heterocycles. The molecule has 1 nitrogen and oxygen atoms in total. The van der Waals surface area contributed by atoms with Crippen molar-refractivity contribution in [2.75, 3.05) is 13.1 Å². The normalized spacial score (nSPS) is 45.8. The Hall–Kier alpha value is -0.0400. The Balaban J connectivity index is 2.02. The van der Waals surface area contributed by atoms with Gasteiger partial charge in [-0.15, -0.1) is 0 Å². The molecule has 0 aromatic heterocycles. The average Bonchev–Trinajstić information content (AvgIpc) is 2.04. The summed E-state index contributed by atoms with van der Waals surface area (Å²) in [4.78, 5) is 2.68. The lowest BCUT2D eigenvalue weighted by Crippen LogP contribution is -2.57. The van der Waals surface area contributed by atoms with Crippen LogP contribution in [-0.2, 0) is 0 Å². The van der Waals surface area contributed by atoms with Gasteiger partial charge in [-0.2, -0.15) is 0 Å². The molecule has 2 heterocycles. The van der Waals surface area contributed by atoms with E-state index < -0.39 is 0 Å². The van der Waals surface area contributed by atoms with Crippen molar-refractivity contribution in [1.29, 1.82) is 0 Å². The van der Waals surface area contributed by atoms with E-state index in [1.807, 2.05) is 0 Å². The van der Waals surface area contributed by atoms with Gasteiger partial charge in [-0.1, -0.05) is 6.92 Å². The fourth-order valence-corrected chi connectivity index (χ4v) is 2.39. The molecule has 0 bridgehead atoms. The number of hydrogen-bond acceptors (Lipinski definition) is 1. The van der Waals surface area contributed by atoms with Crippen LogP contribution in [0.15, 0.2) is 0 Å². The van der Waals surface area contributed by atoms with Crippen molar-refractivity contribution < 1.29 is 0 Å². The van der Waals surface area contributed by atoms with E-state index in [0.29, 0.717) is 5.54 Å². The Bertz CT molecular complexity index is 155. The van der Waals surface area contributed by atoms with Crippen molar-refractivity contribution in [2.24, 2.45) is 5.92 Å². The SMILES string of the molecule is CC1CCN2CCC2(C)CC1. The minimum Gasteiger partial charge on any atom is -0.298 e. The van der Waals surface area contributed by atoms with Crippen LogP contribution in [0.2, 0.25) is 0 Å². The molecule has 0 N–H and O–H groups in total. The molecule has 2 aliphatic heterocycles. The molecular formula is C10H19N. The molecule has 2 fully saturated rings. The van der Waals surface area contributed by atoms with E-state index in [2.05, 4.69) is 18.7 Å². The highest BCUT2D eigenvalue weighted by Gasteiger charge is 2.41. The maximum atomic E-state index is 2.68. The van der Waals surface area contributed by atoms with Crippen molar-refractivity contribution in [2.45, 2.75) is 45.1 Å². The summed E-state index contributed by atoms with van der Waals surface area (Å²) in [7, 11) is 0. The first-order chi connectivity index (χ1) is 5.21. The second-order valence-corrected chi connectivity index (χ2v) is 4.67. The van der Waals surface area contributed by atoms with Gasteiger partial charge in [0.1, 0.15) is 0 Å². The second kappa shape index (κ2) is 2.48. The third-order valence-corrected chi connectivity index (χ3v) is 3.75. The predicted octanol–water partition coefficient (Wildman–Crippen LogP) is 2.27. The molecule has 2 rings (SSSR count). The molecule has 0 aliphatic carbocycles. The number of fused-ring (bicyclic) bond motifs is 1. The highest BCUT2D eigenvalue weighted by molar-refractivity contribution is 4.97. The fourth-order valence-electron chi connectivity index (χ4n) is 2.39. The van der Waals surface area contributed by atoms with Crippen molar-refractivity contribution in [3.8, 4) is 0 Å². The largest absolute Gasteiger partial charge is 0.298 e. The van der Waals surface area contributed by atoms with E-state index >= 15 is 0 Å². The summed E-state index contributed by atoms with van der Waals surface area (Å²) >= 11 is 0. The molecule has 0 spiro atoms. The summed E-state index contributed by atoms with van der Waals surface area (Å²) in [6.07, 6.45) is 5.76. The molecule has 0 saturated carbocycles. The van der Waals surface area contributed by atoms with Crippen LogP contribution in [0.3, 0.4) is 0 Å². The van der Waals surface area contributed by atoms with Gasteiger partial charge in [-0.25, -0.2) is 0 Å². The number of hydrogen-bond donors (Lipinski definition) is 0. The Morgan fingerprint density at radius 1 is 1.18 bits per heavy atom. The molecule has 11 heavy (non-hydrogen) atoms. The van der Waals surface area contributed by atoms with E-state index in [4.69, 9.17) is 0 Å². The van der Waals surface area contributed by atoms with Gasteiger partial charge in [0.25, 0.3) is 0 Å². The Labute approximate surface area is 69.8 Å². The zero-order chi connectivity index (χ0) is 7.90. The number of nitrogens with zero attached hydrogens (tertiary/aromatic N) is 1. The smallest absolute Gasteiger partial charge is 0.0193 e. The summed E-state index contributed by atoms with van der Waals surface area (Å²) in [6.45, 7) is 7.56. The van der Waals surface area contributed by atoms with Crippen LogP contribution in [0.25, 0.3) is 0 Å². The molecule has 0 aromatic carbocycles. The van der Waals surface area contributed by atoms with Crippen molar-refractivity contribution >= 4 is 0 Å². The second-order valence-electron chi connectivity index (χ2n) is 4.67. The first-order valence-electron chi connectivity index (χ1n) is 4.96. The van der Waals surface area contributed by atoms with Gasteiger partial charge < -0.3 is 0 Å². The van der Waals surface area contributed by atoms with Gasteiger partial charge in [0.05, 0.1) is 0 Å². The molecule has 64 valence electrons. The summed E-state index contributed by atoms with van der Waals surface area (Å²) in [5.74, 6) is 0.970. The van der Waals surface area contributed by atoms with E-state index in [1.165, 1.54) is 38.8 Å². The van der Waals surface area contributed by atoms with Crippen LogP contribution in [0.4, 0.5) is 0 Å². The average molecular weight is 153 g/mol. The lowest BCUT2D eigenvalue weighted by atomic mass is 9.83. The van der Waals surface area contributed by atoms with Crippen molar-refractivity contribution in [3.63, 3.8) is 0 Å². The predicted molar refractivity (Wildman–Crippen MR) is 47.6 cm³/mol. The van der Waals surface area contributed by atoms with Crippen LogP contribution in [-0.4, -0.2) is 23.5 Å². The van der Waals surface area contributed by atoms with Crippen LogP contribution < -0.4 is 0 Å². The number of rotatable bonds is 0. The monoisotopic (exact) mass is 153 g/mol. The van der Waals surface area contributed by atoms with Gasteiger partial charge in [0.15, 0.2) is 0 Å². The van der Waals surface area contributed by atoms with Crippen LogP contribution in [0, 0.1) is 5.92 Å². The van der Waals surface area contributed by atoms with Crippen LogP contribution in [0.5, 0.6) is 0 Å². The third kappa shape index (κ3) is 1.20. The molecular weight excluding hydrogens is 134 g/mol. The Morgan fingerprint density at radius 2 is 2.00 bits per heavy atom. The maximum Gasteiger partial charge on any atom is 0.0193 e. The molecule has 0 aromatic rings. The van der Waals surface area contributed by atoms with Gasteiger partial charge >= 0.3 is 0 Å². The van der Waals surface area contributed by atoms with Crippen molar-refractivity contribution in [3.05, 3.63) is 0 Å².